The number of hydrogen-bond acceptors (Lipinski definition) is 3. The van der Waals surface area contributed by atoms with Gasteiger partial charge in [0.15, 0.2) is 0 Å². The van der Waals surface area contributed by atoms with Crippen molar-refractivity contribution in [3.05, 3.63) is 65.7 Å². The summed E-state index contributed by atoms with van der Waals surface area (Å²) in [5.74, 6) is -0.224. The highest BCUT2D eigenvalue weighted by Crippen LogP contribution is 2.22. The zero-order valence-corrected chi connectivity index (χ0v) is 14.0. The number of benzene rings is 2. The fraction of sp³-hybridized carbons (Fsp3) is 0.300. The number of aliphatic hydroxyl groups is 1. The van der Waals surface area contributed by atoms with Gasteiger partial charge in [-0.25, -0.2) is 0 Å². The Labute approximate surface area is 147 Å². The fourth-order valence-electron chi connectivity index (χ4n) is 3.13. The Morgan fingerprint density at radius 3 is 2.56 bits per heavy atom. The van der Waals surface area contributed by atoms with E-state index in [0.717, 1.165) is 12.8 Å². The van der Waals surface area contributed by atoms with Gasteiger partial charge in [0.25, 0.3) is 11.8 Å². The normalized spacial score (nSPS) is 17.2. The second kappa shape index (κ2) is 7.94. The maximum Gasteiger partial charge on any atom is 0.255 e. The topological polar surface area (TPSA) is 69.6 Å². The van der Waals surface area contributed by atoms with E-state index < -0.39 is 0 Å². The molecular formula is C20H22N2O3. The first kappa shape index (κ1) is 17.2. The Balaban J connectivity index is 1.78. The first-order chi connectivity index (χ1) is 12.2. The van der Waals surface area contributed by atoms with Gasteiger partial charge in [0, 0.05) is 25.3 Å². The second-order valence-electron chi connectivity index (χ2n) is 6.31. The van der Waals surface area contributed by atoms with Crippen LogP contribution in [0, 0.1) is 5.92 Å². The van der Waals surface area contributed by atoms with Gasteiger partial charge in [-0.15, -0.1) is 0 Å². The van der Waals surface area contributed by atoms with Gasteiger partial charge in [-0.3, -0.25) is 9.59 Å². The van der Waals surface area contributed by atoms with Gasteiger partial charge in [0.05, 0.1) is 11.3 Å². The lowest BCUT2D eigenvalue weighted by molar-refractivity contribution is 0.0621. The van der Waals surface area contributed by atoms with E-state index in [1.807, 2.05) is 6.07 Å². The van der Waals surface area contributed by atoms with Crippen LogP contribution in [0.5, 0.6) is 0 Å². The number of likely N-dealkylation sites (tertiary alicyclic amines) is 1. The van der Waals surface area contributed by atoms with Crippen molar-refractivity contribution in [2.75, 3.05) is 25.0 Å². The van der Waals surface area contributed by atoms with Crippen molar-refractivity contribution in [3.63, 3.8) is 0 Å². The van der Waals surface area contributed by atoms with Crippen LogP contribution >= 0.6 is 0 Å². The van der Waals surface area contributed by atoms with Crippen LogP contribution in [-0.4, -0.2) is 41.5 Å². The summed E-state index contributed by atoms with van der Waals surface area (Å²) in [6.45, 7) is 1.32. The molecule has 25 heavy (non-hydrogen) atoms. The smallest absolute Gasteiger partial charge is 0.255 e. The molecule has 2 amide bonds. The van der Waals surface area contributed by atoms with Crippen molar-refractivity contribution in [2.24, 2.45) is 5.92 Å². The minimum absolute atomic E-state index is 0.0934. The molecule has 1 saturated heterocycles. The van der Waals surface area contributed by atoms with E-state index >= 15 is 0 Å². The molecule has 1 aliphatic heterocycles. The van der Waals surface area contributed by atoms with Crippen molar-refractivity contribution in [2.45, 2.75) is 12.8 Å². The molecule has 0 aromatic heterocycles. The van der Waals surface area contributed by atoms with Crippen LogP contribution in [0.2, 0.25) is 0 Å². The molecule has 1 unspecified atom stereocenters. The van der Waals surface area contributed by atoms with Gasteiger partial charge in [-0.2, -0.15) is 0 Å². The van der Waals surface area contributed by atoms with Crippen molar-refractivity contribution in [1.29, 1.82) is 0 Å². The predicted octanol–water partition coefficient (Wildman–Crippen LogP) is 2.78. The lowest BCUT2D eigenvalue weighted by atomic mass is 9.98. The lowest BCUT2D eigenvalue weighted by Crippen LogP contribution is -2.41. The van der Waals surface area contributed by atoms with Crippen molar-refractivity contribution in [1.82, 2.24) is 4.90 Å². The van der Waals surface area contributed by atoms with E-state index in [4.69, 9.17) is 0 Å². The maximum atomic E-state index is 12.9. The third kappa shape index (κ3) is 4.06. The average molecular weight is 338 g/mol. The molecule has 0 radical (unpaired) electrons. The first-order valence-corrected chi connectivity index (χ1v) is 8.54. The minimum Gasteiger partial charge on any atom is -0.396 e. The van der Waals surface area contributed by atoms with E-state index in [9.17, 15) is 14.7 Å². The Bertz CT molecular complexity index is 746. The Kier molecular flexibility index (Phi) is 5.46. The number of amides is 2. The summed E-state index contributed by atoms with van der Waals surface area (Å²) in [6.07, 6.45) is 1.82. The summed E-state index contributed by atoms with van der Waals surface area (Å²) in [7, 11) is 0. The molecule has 2 aromatic carbocycles. The molecule has 5 nitrogen and oxygen atoms in total. The number of para-hydroxylation sites is 1. The molecule has 0 bridgehead atoms. The quantitative estimate of drug-likeness (QED) is 0.901. The number of carbonyl (C=O) groups is 2. The monoisotopic (exact) mass is 338 g/mol. The van der Waals surface area contributed by atoms with E-state index in [1.165, 1.54) is 0 Å². The molecule has 0 aliphatic carbocycles. The van der Waals surface area contributed by atoms with Gasteiger partial charge < -0.3 is 15.3 Å². The second-order valence-corrected chi connectivity index (χ2v) is 6.31. The Morgan fingerprint density at radius 2 is 1.80 bits per heavy atom. The Hall–Kier alpha value is -2.66. The molecule has 2 aromatic rings. The van der Waals surface area contributed by atoms with Crippen LogP contribution in [0.4, 0.5) is 5.69 Å². The van der Waals surface area contributed by atoms with Crippen molar-refractivity contribution >= 4 is 17.5 Å². The number of nitrogens with one attached hydrogen (secondary N) is 1. The Morgan fingerprint density at radius 1 is 1.08 bits per heavy atom. The number of piperidine rings is 1. The molecule has 1 aliphatic rings. The zero-order valence-electron chi connectivity index (χ0n) is 14.0. The number of hydrogen-bond donors (Lipinski definition) is 2. The zero-order chi connectivity index (χ0) is 17.6. The van der Waals surface area contributed by atoms with E-state index in [1.54, 1.807) is 53.4 Å². The summed E-state index contributed by atoms with van der Waals surface area (Å²) < 4.78 is 0. The number of rotatable bonds is 4. The van der Waals surface area contributed by atoms with Gasteiger partial charge in [0.2, 0.25) is 0 Å². The number of anilines is 1. The molecule has 0 saturated carbocycles. The van der Waals surface area contributed by atoms with Crippen LogP contribution in [0.3, 0.4) is 0 Å². The third-order valence-electron chi connectivity index (χ3n) is 4.51. The number of carbonyl (C=O) groups excluding carboxylic acids is 2. The molecule has 2 N–H and O–H groups in total. The summed E-state index contributed by atoms with van der Waals surface area (Å²) >= 11 is 0. The molecule has 1 fully saturated rings. The van der Waals surface area contributed by atoms with E-state index in [-0.39, 0.29) is 24.3 Å². The van der Waals surface area contributed by atoms with Crippen molar-refractivity contribution < 1.29 is 14.7 Å². The summed E-state index contributed by atoms with van der Waals surface area (Å²) in [5, 5.41) is 12.2. The van der Waals surface area contributed by atoms with Crippen LogP contribution < -0.4 is 5.32 Å². The molecule has 3 rings (SSSR count). The first-order valence-electron chi connectivity index (χ1n) is 8.54. The van der Waals surface area contributed by atoms with Crippen LogP contribution in [0.15, 0.2) is 54.6 Å². The van der Waals surface area contributed by atoms with Gasteiger partial charge >= 0.3 is 0 Å². The summed E-state index contributed by atoms with van der Waals surface area (Å²) in [6, 6.07) is 16.0. The average Bonchev–Trinajstić information content (AvgIpc) is 2.68. The predicted molar refractivity (Wildman–Crippen MR) is 96.6 cm³/mol. The maximum absolute atomic E-state index is 12.9. The van der Waals surface area contributed by atoms with Crippen molar-refractivity contribution in [3.8, 4) is 0 Å². The van der Waals surface area contributed by atoms with Crippen LogP contribution in [0.1, 0.15) is 33.6 Å². The summed E-state index contributed by atoms with van der Waals surface area (Å²) in [4.78, 5) is 27.0. The van der Waals surface area contributed by atoms with E-state index in [0.29, 0.717) is 29.9 Å². The highest BCUT2D eigenvalue weighted by molar-refractivity contribution is 6.09. The molecular weight excluding hydrogens is 316 g/mol. The van der Waals surface area contributed by atoms with E-state index in [2.05, 4.69) is 5.32 Å². The third-order valence-corrected chi connectivity index (χ3v) is 4.51. The van der Waals surface area contributed by atoms with Gasteiger partial charge in [-0.05, 0) is 43.0 Å². The number of nitrogens with zero attached hydrogens (tertiary/aromatic N) is 1. The van der Waals surface area contributed by atoms with Gasteiger partial charge in [-0.1, -0.05) is 30.3 Å². The molecule has 130 valence electrons. The summed E-state index contributed by atoms with van der Waals surface area (Å²) in [5.41, 5.74) is 1.53. The van der Waals surface area contributed by atoms with Crippen LogP contribution in [0.25, 0.3) is 0 Å². The SMILES string of the molecule is O=C(Nc1ccccc1C(=O)N1CCCC(CO)C1)c1ccccc1. The van der Waals surface area contributed by atoms with Crippen LogP contribution in [-0.2, 0) is 0 Å². The van der Waals surface area contributed by atoms with Gasteiger partial charge in [0.1, 0.15) is 0 Å². The standard InChI is InChI=1S/C20H22N2O3/c23-14-15-7-6-12-22(13-15)20(25)17-10-4-5-11-18(17)21-19(24)16-8-2-1-3-9-16/h1-5,8-11,15,23H,6-7,12-14H2,(H,21,24). The largest absolute Gasteiger partial charge is 0.396 e. The highest BCUT2D eigenvalue weighted by Gasteiger charge is 2.25. The fourth-order valence-corrected chi connectivity index (χ4v) is 3.13. The number of aliphatic hydroxyl groups excluding tert-OH is 1. The molecule has 1 heterocycles. The molecule has 5 heteroatoms. The lowest BCUT2D eigenvalue weighted by Gasteiger charge is -2.32. The highest BCUT2D eigenvalue weighted by atomic mass is 16.3. The molecule has 1 atom stereocenters. The molecule has 0 spiro atoms. The minimum atomic E-state index is -0.243.